The number of likely N-dealkylation sites (N-methyl/N-ethyl adjacent to an activating group) is 1. The number of benzene rings is 1. The minimum atomic E-state index is -1.68. The van der Waals surface area contributed by atoms with Crippen molar-refractivity contribution < 1.29 is 80.9 Å². The Balaban J connectivity index is 1.97. The third-order valence-electron chi connectivity index (χ3n) is 14.3. The fraction of sp³-hybridized carbons (Fsp3) is 0.765. The first-order valence-electron chi connectivity index (χ1n) is 24.3. The third-order valence-corrected chi connectivity index (χ3v) is 14.3. The quantitative estimate of drug-likeness (QED) is 0.0544. The summed E-state index contributed by atoms with van der Waals surface area (Å²) in [4.78, 5) is 68.8. The molecule has 71 heavy (non-hydrogen) atoms. The number of nitro groups is 1. The van der Waals surface area contributed by atoms with E-state index in [2.05, 4.69) is 0 Å². The molecule has 0 radical (unpaired) electrons. The lowest BCUT2D eigenvalue weighted by Crippen LogP contribution is -2.61. The first-order valence-corrected chi connectivity index (χ1v) is 24.3. The Morgan fingerprint density at radius 2 is 1.48 bits per heavy atom. The number of hydrogen-bond acceptors (Lipinski definition) is 19. The molecule has 0 aliphatic carbocycles. The number of carbonyl (C=O) groups is 4. The number of ether oxygens (including phenoxy) is 12. The number of hydrogen-bond donors (Lipinski definition) is 0. The second-order valence-electron chi connectivity index (χ2n) is 20.2. The second-order valence-corrected chi connectivity index (χ2v) is 20.2. The van der Waals surface area contributed by atoms with Crippen LogP contribution in [0, 0.1) is 27.9 Å². The molecule has 1 aromatic rings. The van der Waals surface area contributed by atoms with Crippen molar-refractivity contribution in [1.82, 2.24) is 4.90 Å². The van der Waals surface area contributed by atoms with E-state index in [-0.39, 0.29) is 48.5 Å². The first-order chi connectivity index (χ1) is 33.1. The van der Waals surface area contributed by atoms with Crippen molar-refractivity contribution in [1.29, 1.82) is 0 Å². The van der Waals surface area contributed by atoms with Gasteiger partial charge in [0.05, 0.1) is 46.9 Å². The van der Waals surface area contributed by atoms with Crippen molar-refractivity contribution in [2.45, 2.75) is 193 Å². The van der Waals surface area contributed by atoms with Gasteiger partial charge in [-0.25, -0.2) is 0 Å². The van der Waals surface area contributed by atoms with Crippen LogP contribution in [-0.4, -0.2) is 154 Å². The minimum Gasteiger partial charge on any atom is -0.472 e. The van der Waals surface area contributed by atoms with E-state index < -0.39 is 119 Å². The fourth-order valence-electron chi connectivity index (χ4n) is 10.5. The highest BCUT2D eigenvalue weighted by atomic mass is 16.7. The van der Waals surface area contributed by atoms with Gasteiger partial charge in [-0.3, -0.25) is 29.3 Å². The van der Waals surface area contributed by atoms with Crippen LogP contribution in [0.5, 0.6) is 5.75 Å². The zero-order valence-corrected chi connectivity index (χ0v) is 45.0. The van der Waals surface area contributed by atoms with Crippen molar-refractivity contribution in [3.05, 3.63) is 45.5 Å². The Kier molecular flexibility index (Phi) is 20.7. The van der Waals surface area contributed by atoms with Crippen LogP contribution in [0.25, 0.3) is 0 Å². The van der Waals surface area contributed by atoms with Gasteiger partial charge in [-0.05, 0) is 106 Å². The molecule has 4 rings (SSSR count). The van der Waals surface area contributed by atoms with E-state index in [0.29, 0.717) is 12.0 Å². The van der Waals surface area contributed by atoms with Crippen LogP contribution in [0.1, 0.15) is 121 Å². The minimum absolute atomic E-state index is 0.0519. The van der Waals surface area contributed by atoms with Crippen LogP contribution in [0.4, 0.5) is 5.69 Å². The molecule has 1 aromatic carbocycles. The summed E-state index contributed by atoms with van der Waals surface area (Å²) in [6, 6.07) is 3.92. The summed E-state index contributed by atoms with van der Waals surface area (Å²) < 4.78 is 74.9. The van der Waals surface area contributed by atoms with Crippen molar-refractivity contribution in [3.8, 4) is 5.75 Å². The van der Waals surface area contributed by atoms with E-state index in [1.165, 1.54) is 60.5 Å². The number of methoxy groups -OCH3 is 4. The van der Waals surface area contributed by atoms with Gasteiger partial charge in [-0.2, -0.15) is 0 Å². The monoisotopic (exact) mass is 1010 g/mol. The van der Waals surface area contributed by atoms with Gasteiger partial charge >= 0.3 is 23.6 Å². The van der Waals surface area contributed by atoms with Crippen molar-refractivity contribution in [2.75, 3.05) is 42.5 Å². The summed E-state index contributed by atoms with van der Waals surface area (Å²) in [5.74, 6) is -5.03. The predicted octanol–water partition coefficient (Wildman–Crippen LogP) is 6.82. The highest BCUT2D eigenvalue weighted by Crippen LogP contribution is 2.43. The average molecular weight is 1010 g/mol. The number of allylic oxidation sites excluding steroid dienone is 1. The van der Waals surface area contributed by atoms with Gasteiger partial charge in [0.15, 0.2) is 48.2 Å². The molecule has 0 N–H and O–H groups in total. The van der Waals surface area contributed by atoms with Crippen LogP contribution >= 0.6 is 0 Å². The summed E-state index contributed by atoms with van der Waals surface area (Å²) in [5.41, 5.74) is -3.99. The van der Waals surface area contributed by atoms with Crippen LogP contribution < -0.4 is 4.74 Å². The summed E-state index contributed by atoms with van der Waals surface area (Å²) in [5, 5.41) is 12.6. The zero-order chi connectivity index (χ0) is 53.5. The smallest absolute Gasteiger partial charge is 0.311 e. The number of carbonyl (C=O) groups excluding carboxylic acids is 4. The van der Waals surface area contributed by atoms with Crippen LogP contribution in [0.3, 0.4) is 0 Å². The number of Topliss-reactive ketones (excluding diaryl/α,β-unsaturated/α-hetero) is 1. The molecule has 0 saturated carbocycles. The van der Waals surface area contributed by atoms with E-state index in [1.54, 1.807) is 61.5 Å². The average Bonchev–Trinajstić information content (AvgIpc) is 3.30. The van der Waals surface area contributed by atoms with Gasteiger partial charge in [-0.1, -0.05) is 20.8 Å². The van der Waals surface area contributed by atoms with Crippen molar-refractivity contribution >= 4 is 29.4 Å². The van der Waals surface area contributed by atoms with E-state index in [0.717, 1.165) is 0 Å². The van der Waals surface area contributed by atoms with E-state index in [4.69, 9.17) is 56.8 Å². The normalized spacial score (nSPS) is 37.4. The fourth-order valence-corrected chi connectivity index (χ4v) is 10.5. The summed E-state index contributed by atoms with van der Waals surface area (Å²) in [6.07, 6.45) is -7.00. The van der Waals surface area contributed by atoms with Gasteiger partial charge in [-0.15, -0.1) is 0 Å². The number of nitro benzene ring substituents is 1. The Hall–Kier alpha value is -4.12. The molecule has 2 unspecified atom stereocenters. The molecule has 20 heteroatoms. The lowest BCUT2D eigenvalue weighted by molar-refractivity contribution is -0.386. The summed E-state index contributed by atoms with van der Waals surface area (Å²) in [6.45, 7) is 20.0. The van der Waals surface area contributed by atoms with Crippen LogP contribution in [0.15, 0.2) is 29.8 Å². The van der Waals surface area contributed by atoms with Gasteiger partial charge in [0.25, 0.3) is 0 Å². The molecule has 0 spiro atoms. The Morgan fingerprint density at radius 1 is 0.873 bits per heavy atom. The molecular formula is C51H80N2O18. The molecule has 20 nitrogen and oxygen atoms in total. The number of esters is 3. The lowest BCUT2D eigenvalue weighted by Gasteiger charge is -2.50. The molecule has 3 heterocycles. The highest BCUT2D eigenvalue weighted by molar-refractivity contribution is 5.96. The summed E-state index contributed by atoms with van der Waals surface area (Å²) >= 11 is 0. The highest BCUT2D eigenvalue weighted by Gasteiger charge is 2.54. The van der Waals surface area contributed by atoms with E-state index in [9.17, 15) is 24.5 Å². The Labute approximate surface area is 419 Å². The molecule has 3 aliphatic rings. The van der Waals surface area contributed by atoms with Gasteiger partial charge in [0.2, 0.25) is 0 Å². The number of nitrogens with zero attached hydrogens (tertiary/aromatic N) is 2. The maximum absolute atomic E-state index is 15.1. The molecule has 0 amide bonds. The molecule has 402 valence electrons. The predicted molar refractivity (Wildman–Crippen MR) is 257 cm³/mol. The lowest BCUT2D eigenvalue weighted by atomic mass is 9.76. The van der Waals surface area contributed by atoms with Crippen LogP contribution in [-0.2, 0) is 71.3 Å². The summed E-state index contributed by atoms with van der Waals surface area (Å²) in [7, 11) is 9.55. The molecule has 16 atom stereocenters. The van der Waals surface area contributed by atoms with Gasteiger partial charge in [0.1, 0.15) is 11.7 Å². The van der Waals surface area contributed by atoms with E-state index >= 15 is 4.79 Å². The molecule has 0 aromatic heterocycles. The molecular weight excluding hydrogens is 929 g/mol. The van der Waals surface area contributed by atoms with Gasteiger partial charge in [0, 0.05) is 72.2 Å². The topological polar surface area (TPSA) is 225 Å². The molecule has 3 aliphatic heterocycles. The molecule has 0 bridgehead atoms. The Morgan fingerprint density at radius 3 is 2.01 bits per heavy atom. The standard InChI is InChI=1S/C51H80N2O18/c1-19-39-49(10,71-38-21-20-35(47(60-15)61-16)23-36(38)53(58)59)24-27(2)41(56)28(3)25-50(11,62-17)44(70-48-43(66-33(8)54)37(52(13)14)22-29(4)64-48)30(5)42(31(6)46(57)68-39)69-40-26-51(12,63-18)45(32(7)65-40)67-34(9)55/h20-21,23-24,28-32,37,39-40,42-45,47-48H,19,22,25-26H2,1-18H3/b27-24+/t28-,29-,30+,31-,32+,37+,39?,40+,42?,43-,44-,45+,48+,49+,50-,51-/m1/s1. The Bertz CT molecular complexity index is 2050. The SMILES string of the molecule is CCC1OC(=O)[C@H](C)C(O[C@H]2C[C@@](C)(OC)[C@@H](OC(C)=O)[C@H](C)O2)[C@H](C)[C@@H](O[C@@H]2O[C@H](C)C[C@H](N(C)C)[C@H]2OC(C)=O)[C@](C)(OC)C[C@@H](C)C(=O)/C(C)=C/[C@]1(C)Oc1ccc(C(OC)OC)cc1[N+](=O)[O-]. The maximum atomic E-state index is 15.1. The van der Waals surface area contributed by atoms with Crippen molar-refractivity contribution in [2.24, 2.45) is 17.8 Å². The van der Waals surface area contributed by atoms with Crippen LogP contribution in [0.2, 0.25) is 0 Å². The zero-order valence-electron chi connectivity index (χ0n) is 45.0. The first kappa shape index (κ1) is 59.4. The van der Waals surface area contributed by atoms with Crippen molar-refractivity contribution in [3.63, 3.8) is 0 Å². The third kappa shape index (κ3) is 13.9. The number of rotatable bonds is 16. The second kappa shape index (κ2) is 24.7. The number of cyclic esters (lactones) is 1. The molecule has 2 fully saturated rings. The maximum Gasteiger partial charge on any atom is 0.311 e. The van der Waals surface area contributed by atoms with Gasteiger partial charge < -0.3 is 61.7 Å². The largest absolute Gasteiger partial charge is 0.472 e. The number of ketones is 1. The molecule has 2 saturated heterocycles. The van der Waals surface area contributed by atoms with E-state index in [1.807, 2.05) is 32.8 Å².